The molecule has 0 saturated carbocycles. The van der Waals surface area contributed by atoms with E-state index in [4.69, 9.17) is 5.84 Å². The van der Waals surface area contributed by atoms with Crippen molar-refractivity contribution in [3.63, 3.8) is 0 Å². The number of nitrogens with zero attached hydrogens (tertiary/aromatic N) is 2. The van der Waals surface area contributed by atoms with E-state index in [9.17, 15) is 0 Å². The molecule has 2 aromatic rings. The topological polar surface area (TPSA) is 53.6 Å². The van der Waals surface area contributed by atoms with Crippen LogP contribution in [0.1, 0.15) is 5.56 Å². The second-order valence-electron chi connectivity index (χ2n) is 4.36. The Balaban J connectivity index is 2.16. The van der Waals surface area contributed by atoms with Crippen LogP contribution in [-0.2, 0) is 6.54 Å². The molecule has 5 heteroatoms. The number of nitrogens with one attached hydrogen (secondary N) is 1. The number of para-hydroxylation sites is 1. The molecule has 0 aliphatic carbocycles. The van der Waals surface area contributed by atoms with Crippen LogP contribution in [0.3, 0.4) is 0 Å². The van der Waals surface area contributed by atoms with Crippen molar-refractivity contribution < 1.29 is 0 Å². The Morgan fingerprint density at radius 2 is 1.80 bits per heavy atom. The molecule has 0 radical (unpaired) electrons. The van der Waals surface area contributed by atoms with Gasteiger partial charge in [0.15, 0.2) is 0 Å². The van der Waals surface area contributed by atoms with E-state index in [1.807, 2.05) is 60.5 Å². The fourth-order valence-electron chi connectivity index (χ4n) is 1.81. The first-order chi connectivity index (χ1) is 9.70. The maximum atomic E-state index is 5.58. The quantitative estimate of drug-likeness (QED) is 0.393. The lowest BCUT2D eigenvalue weighted by Gasteiger charge is -2.21. The lowest BCUT2D eigenvalue weighted by atomic mass is 10.2. The van der Waals surface area contributed by atoms with Crippen LogP contribution in [0.25, 0.3) is 0 Å². The molecule has 0 aliphatic rings. The monoisotopic (exact) mass is 332 g/mol. The molecule has 0 aromatic heterocycles. The zero-order valence-electron chi connectivity index (χ0n) is 11.3. The molecule has 0 atom stereocenters. The van der Waals surface area contributed by atoms with Gasteiger partial charge in [0.05, 0.1) is 5.69 Å². The summed E-state index contributed by atoms with van der Waals surface area (Å²) < 4.78 is 1.07. The number of benzene rings is 2. The van der Waals surface area contributed by atoms with Crippen molar-refractivity contribution in [1.29, 1.82) is 0 Å². The molecule has 2 rings (SSSR count). The van der Waals surface area contributed by atoms with E-state index in [2.05, 4.69) is 32.4 Å². The van der Waals surface area contributed by atoms with E-state index < -0.39 is 0 Å². The van der Waals surface area contributed by atoms with Gasteiger partial charge in [-0.15, -0.1) is 0 Å². The Kier molecular flexibility index (Phi) is 5.15. The number of hydrazine groups is 1. The minimum atomic E-state index is 0.618. The minimum Gasteiger partial charge on any atom is -0.340 e. The number of guanidine groups is 1. The predicted molar refractivity (Wildman–Crippen MR) is 86.5 cm³/mol. The Bertz CT molecular complexity index is 583. The summed E-state index contributed by atoms with van der Waals surface area (Å²) in [5.41, 5.74) is 4.68. The zero-order chi connectivity index (χ0) is 14.4. The van der Waals surface area contributed by atoms with Gasteiger partial charge in [-0.05, 0) is 23.8 Å². The average Bonchev–Trinajstić information content (AvgIpc) is 2.48. The molecule has 0 aliphatic heterocycles. The van der Waals surface area contributed by atoms with E-state index in [1.54, 1.807) is 0 Å². The number of hydrogen-bond acceptors (Lipinski definition) is 2. The number of nitrogens with two attached hydrogens (primary N) is 1. The fourth-order valence-corrected chi connectivity index (χ4v) is 2.22. The van der Waals surface area contributed by atoms with Gasteiger partial charge in [0.2, 0.25) is 5.96 Å². The van der Waals surface area contributed by atoms with Crippen molar-refractivity contribution in [2.45, 2.75) is 6.54 Å². The summed E-state index contributed by atoms with van der Waals surface area (Å²) in [6, 6.07) is 17.8. The maximum absolute atomic E-state index is 5.58. The molecule has 0 unspecified atom stereocenters. The maximum Gasteiger partial charge on any atom is 0.213 e. The number of halogens is 1. The molecular formula is C15H17BrN4. The molecule has 3 N–H and O–H groups in total. The Morgan fingerprint density at radius 1 is 1.15 bits per heavy atom. The van der Waals surface area contributed by atoms with Crippen LogP contribution < -0.4 is 11.3 Å². The van der Waals surface area contributed by atoms with Gasteiger partial charge < -0.3 is 4.90 Å². The van der Waals surface area contributed by atoms with Gasteiger partial charge in [0.1, 0.15) is 0 Å². The summed E-state index contributed by atoms with van der Waals surface area (Å²) in [5, 5.41) is 0. The Hall–Kier alpha value is -1.85. The molecule has 0 saturated heterocycles. The third-order valence-corrected chi connectivity index (χ3v) is 3.62. The third-order valence-electron chi connectivity index (χ3n) is 2.85. The van der Waals surface area contributed by atoms with Gasteiger partial charge in [0, 0.05) is 18.1 Å². The molecule has 0 fully saturated rings. The summed E-state index contributed by atoms with van der Waals surface area (Å²) in [5.74, 6) is 6.20. The van der Waals surface area contributed by atoms with Gasteiger partial charge in [-0.1, -0.05) is 52.3 Å². The highest BCUT2D eigenvalue weighted by atomic mass is 79.9. The lowest BCUT2D eigenvalue weighted by Crippen LogP contribution is -2.42. The molecule has 104 valence electrons. The summed E-state index contributed by atoms with van der Waals surface area (Å²) >= 11 is 3.54. The smallest absolute Gasteiger partial charge is 0.213 e. The number of aliphatic imine (C=N–C) groups is 1. The fraction of sp³-hybridized carbons (Fsp3) is 0.133. The van der Waals surface area contributed by atoms with Crippen LogP contribution in [0.4, 0.5) is 5.69 Å². The molecule has 0 heterocycles. The highest BCUT2D eigenvalue weighted by molar-refractivity contribution is 9.10. The van der Waals surface area contributed by atoms with Gasteiger partial charge >= 0.3 is 0 Å². The SMILES string of the molecule is CN(Cc1ccccc1Br)C(=Nc1ccccc1)NN. The lowest BCUT2D eigenvalue weighted by molar-refractivity contribution is 0.479. The van der Waals surface area contributed by atoms with Crippen LogP contribution in [-0.4, -0.2) is 17.9 Å². The normalized spacial score (nSPS) is 11.2. The molecular weight excluding hydrogens is 316 g/mol. The summed E-state index contributed by atoms with van der Waals surface area (Å²) in [7, 11) is 1.95. The van der Waals surface area contributed by atoms with Crippen LogP contribution in [0.5, 0.6) is 0 Å². The largest absolute Gasteiger partial charge is 0.340 e. The van der Waals surface area contributed by atoms with Crippen molar-refractivity contribution in [2.75, 3.05) is 7.05 Å². The highest BCUT2D eigenvalue weighted by Gasteiger charge is 2.08. The van der Waals surface area contributed by atoms with Crippen LogP contribution in [0, 0.1) is 0 Å². The van der Waals surface area contributed by atoms with Crippen LogP contribution >= 0.6 is 15.9 Å². The molecule has 0 spiro atoms. The van der Waals surface area contributed by atoms with Crippen molar-refractivity contribution in [3.05, 3.63) is 64.6 Å². The second kappa shape index (κ2) is 7.07. The van der Waals surface area contributed by atoms with Gasteiger partial charge in [0.25, 0.3) is 0 Å². The van der Waals surface area contributed by atoms with Crippen LogP contribution in [0.15, 0.2) is 64.1 Å². The summed E-state index contributed by atoms with van der Waals surface area (Å²) in [4.78, 5) is 6.46. The predicted octanol–water partition coefficient (Wildman–Crippen LogP) is 3.03. The first-order valence-corrected chi connectivity index (χ1v) is 7.05. The van der Waals surface area contributed by atoms with Gasteiger partial charge in [-0.2, -0.15) is 0 Å². The van der Waals surface area contributed by atoms with E-state index in [-0.39, 0.29) is 0 Å². The van der Waals surface area contributed by atoms with Crippen molar-refractivity contribution in [2.24, 2.45) is 10.8 Å². The van der Waals surface area contributed by atoms with Crippen molar-refractivity contribution in [1.82, 2.24) is 10.3 Å². The standard InChI is InChI=1S/C15H17BrN4/c1-20(11-12-7-5-6-10-14(12)16)15(19-17)18-13-8-3-2-4-9-13/h2-10H,11,17H2,1H3,(H,18,19). The molecule has 0 bridgehead atoms. The highest BCUT2D eigenvalue weighted by Crippen LogP contribution is 2.18. The number of rotatable bonds is 3. The van der Waals surface area contributed by atoms with Crippen LogP contribution in [0.2, 0.25) is 0 Å². The Labute approximate surface area is 127 Å². The van der Waals surface area contributed by atoms with E-state index in [0.717, 1.165) is 10.2 Å². The zero-order valence-corrected chi connectivity index (χ0v) is 12.8. The Morgan fingerprint density at radius 3 is 2.45 bits per heavy atom. The molecule has 0 amide bonds. The summed E-state index contributed by atoms with van der Waals surface area (Å²) in [6.45, 7) is 0.706. The van der Waals surface area contributed by atoms with E-state index in [0.29, 0.717) is 12.5 Å². The first-order valence-electron chi connectivity index (χ1n) is 6.25. The van der Waals surface area contributed by atoms with E-state index >= 15 is 0 Å². The molecule has 20 heavy (non-hydrogen) atoms. The molecule has 4 nitrogen and oxygen atoms in total. The number of hydrogen-bond donors (Lipinski definition) is 2. The first kappa shape index (κ1) is 14.6. The summed E-state index contributed by atoms with van der Waals surface area (Å²) in [6.07, 6.45) is 0. The van der Waals surface area contributed by atoms with Gasteiger partial charge in [-0.3, -0.25) is 5.43 Å². The van der Waals surface area contributed by atoms with Crippen molar-refractivity contribution >= 4 is 27.6 Å². The molecule has 2 aromatic carbocycles. The van der Waals surface area contributed by atoms with Gasteiger partial charge in [-0.25, -0.2) is 10.8 Å². The van der Waals surface area contributed by atoms with E-state index in [1.165, 1.54) is 5.56 Å². The van der Waals surface area contributed by atoms with Crippen molar-refractivity contribution in [3.8, 4) is 0 Å². The minimum absolute atomic E-state index is 0.618. The third kappa shape index (κ3) is 3.82. The average molecular weight is 333 g/mol. The second-order valence-corrected chi connectivity index (χ2v) is 5.22.